The first-order chi connectivity index (χ1) is 8.22. The second kappa shape index (κ2) is 7.25. The van der Waals surface area contributed by atoms with Crippen LogP contribution in [0, 0.1) is 5.82 Å². The monoisotopic (exact) mass is 241 g/mol. The van der Waals surface area contributed by atoms with Gasteiger partial charge < -0.3 is 14.8 Å². The zero-order valence-corrected chi connectivity index (χ0v) is 10.6. The molecular weight excluding hydrogens is 221 g/mol. The summed E-state index contributed by atoms with van der Waals surface area (Å²) in [4.78, 5) is 0. The molecule has 1 rings (SSSR count). The van der Waals surface area contributed by atoms with E-state index < -0.39 is 0 Å². The number of rotatable bonds is 7. The van der Waals surface area contributed by atoms with Crippen LogP contribution in [-0.2, 0) is 11.2 Å². The minimum atomic E-state index is -0.271. The Morgan fingerprint density at radius 1 is 1.35 bits per heavy atom. The molecule has 3 nitrogen and oxygen atoms in total. The Kier molecular flexibility index (Phi) is 5.94. The molecule has 4 heteroatoms. The maximum absolute atomic E-state index is 13.9. The lowest BCUT2D eigenvalue weighted by atomic mass is 10.0. The fraction of sp³-hybridized carbons (Fsp3) is 0.538. The summed E-state index contributed by atoms with van der Waals surface area (Å²) in [6.45, 7) is 0.664. The molecule has 17 heavy (non-hydrogen) atoms. The molecule has 96 valence electrons. The minimum absolute atomic E-state index is 0.205. The van der Waals surface area contributed by atoms with Gasteiger partial charge in [0.05, 0.1) is 7.11 Å². The molecule has 1 aromatic rings. The van der Waals surface area contributed by atoms with E-state index in [1.807, 2.05) is 7.05 Å². The van der Waals surface area contributed by atoms with Gasteiger partial charge in [-0.15, -0.1) is 0 Å². The van der Waals surface area contributed by atoms with Gasteiger partial charge >= 0.3 is 0 Å². The molecule has 0 radical (unpaired) electrons. The van der Waals surface area contributed by atoms with Gasteiger partial charge in [-0.05, 0) is 31.5 Å². The van der Waals surface area contributed by atoms with Gasteiger partial charge in [-0.2, -0.15) is 0 Å². The van der Waals surface area contributed by atoms with Gasteiger partial charge in [0.25, 0.3) is 0 Å². The molecule has 1 aromatic carbocycles. The van der Waals surface area contributed by atoms with Crippen molar-refractivity contribution in [2.75, 3.05) is 27.9 Å². The summed E-state index contributed by atoms with van der Waals surface area (Å²) in [5.41, 5.74) is 0.666. The van der Waals surface area contributed by atoms with Crippen molar-refractivity contribution < 1.29 is 13.9 Å². The van der Waals surface area contributed by atoms with Crippen molar-refractivity contribution in [3.8, 4) is 5.75 Å². The van der Waals surface area contributed by atoms with Crippen molar-refractivity contribution >= 4 is 0 Å². The van der Waals surface area contributed by atoms with E-state index in [-0.39, 0.29) is 11.9 Å². The van der Waals surface area contributed by atoms with E-state index in [0.29, 0.717) is 24.3 Å². The topological polar surface area (TPSA) is 30.5 Å². The van der Waals surface area contributed by atoms with Crippen molar-refractivity contribution in [3.63, 3.8) is 0 Å². The molecule has 0 spiro atoms. The van der Waals surface area contributed by atoms with E-state index in [1.165, 1.54) is 7.11 Å². The van der Waals surface area contributed by atoms with Crippen LogP contribution in [0.3, 0.4) is 0 Å². The van der Waals surface area contributed by atoms with Crippen LogP contribution in [0.15, 0.2) is 18.2 Å². The summed E-state index contributed by atoms with van der Waals surface area (Å²) in [7, 11) is 5.01. The van der Waals surface area contributed by atoms with Gasteiger partial charge in [-0.1, -0.05) is 12.1 Å². The number of likely N-dealkylation sites (N-methyl/N-ethyl adjacent to an activating group) is 1. The van der Waals surface area contributed by atoms with Gasteiger partial charge in [0, 0.05) is 19.8 Å². The normalized spacial score (nSPS) is 12.5. The molecule has 0 amide bonds. The van der Waals surface area contributed by atoms with Gasteiger partial charge in [-0.25, -0.2) is 4.39 Å². The highest BCUT2D eigenvalue weighted by Crippen LogP contribution is 2.21. The molecule has 0 aliphatic rings. The van der Waals surface area contributed by atoms with E-state index in [2.05, 4.69) is 5.32 Å². The van der Waals surface area contributed by atoms with Crippen LogP contribution in [0.1, 0.15) is 12.0 Å². The zero-order valence-electron chi connectivity index (χ0n) is 10.6. The molecule has 0 saturated carbocycles. The van der Waals surface area contributed by atoms with Crippen LogP contribution in [0.2, 0.25) is 0 Å². The van der Waals surface area contributed by atoms with E-state index in [1.54, 1.807) is 25.3 Å². The lowest BCUT2D eigenvalue weighted by Gasteiger charge is -2.16. The van der Waals surface area contributed by atoms with Crippen LogP contribution in [-0.4, -0.2) is 33.9 Å². The Hall–Kier alpha value is -1.13. The first kappa shape index (κ1) is 13.9. The second-order valence-electron chi connectivity index (χ2n) is 3.90. The smallest absolute Gasteiger partial charge is 0.168 e. The van der Waals surface area contributed by atoms with E-state index >= 15 is 0 Å². The predicted molar refractivity (Wildman–Crippen MR) is 66.0 cm³/mol. The van der Waals surface area contributed by atoms with Crippen molar-refractivity contribution in [1.82, 2.24) is 5.32 Å². The molecule has 0 aliphatic carbocycles. The third-order valence-corrected chi connectivity index (χ3v) is 2.81. The van der Waals surface area contributed by atoms with Crippen molar-refractivity contribution in [1.29, 1.82) is 0 Å². The predicted octanol–water partition coefficient (Wildman–Crippen LogP) is 2.00. The molecule has 0 aliphatic heterocycles. The minimum Gasteiger partial charge on any atom is -0.494 e. The Morgan fingerprint density at radius 3 is 2.71 bits per heavy atom. The third kappa shape index (κ3) is 3.98. The number of nitrogens with one attached hydrogen (secondary N) is 1. The molecule has 1 atom stereocenters. The maximum atomic E-state index is 13.9. The Balaban J connectivity index is 2.72. The molecule has 0 fully saturated rings. The molecular formula is C13H20FNO2. The van der Waals surface area contributed by atoms with Crippen LogP contribution in [0.25, 0.3) is 0 Å². The quantitative estimate of drug-likeness (QED) is 0.792. The highest BCUT2D eigenvalue weighted by molar-refractivity contribution is 5.31. The van der Waals surface area contributed by atoms with Crippen LogP contribution in [0.5, 0.6) is 5.75 Å². The van der Waals surface area contributed by atoms with Gasteiger partial charge in [-0.3, -0.25) is 0 Å². The van der Waals surface area contributed by atoms with Crippen LogP contribution in [0.4, 0.5) is 4.39 Å². The highest BCUT2D eigenvalue weighted by atomic mass is 19.1. The average molecular weight is 241 g/mol. The summed E-state index contributed by atoms with van der Waals surface area (Å²) in [6.07, 6.45) is 1.48. The third-order valence-electron chi connectivity index (χ3n) is 2.81. The summed E-state index contributed by atoms with van der Waals surface area (Å²) in [5, 5.41) is 3.16. The van der Waals surface area contributed by atoms with Crippen molar-refractivity contribution in [2.45, 2.75) is 18.9 Å². The molecule has 1 N–H and O–H groups in total. The fourth-order valence-corrected chi connectivity index (χ4v) is 1.75. The molecule has 1 unspecified atom stereocenters. The molecule has 0 bridgehead atoms. The number of ether oxygens (including phenoxy) is 2. The van der Waals surface area contributed by atoms with Gasteiger partial charge in [0.15, 0.2) is 11.6 Å². The average Bonchev–Trinajstić information content (AvgIpc) is 2.36. The summed E-state index contributed by atoms with van der Waals surface area (Å²) >= 11 is 0. The largest absolute Gasteiger partial charge is 0.494 e. The number of methoxy groups -OCH3 is 2. The van der Waals surface area contributed by atoms with Gasteiger partial charge in [0.2, 0.25) is 0 Å². The van der Waals surface area contributed by atoms with E-state index in [4.69, 9.17) is 9.47 Å². The van der Waals surface area contributed by atoms with E-state index in [0.717, 1.165) is 6.42 Å². The maximum Gasteiger partial charge on any atom is 0.168 e. The zero-order chi connectivity index (χ0) is 12.7. The SMILES string of the molecule is CNC(CCOC)Cc1cccc(OC)c1F. The highest BCUT2D eigenvalue weighted by Gasteiger charge is 2.13. The lowest BCUT2D eigenvalue weighted by Crippen LogP contribution is -2.29. The molecule has 0 aromatic heterocycles. The van der Waals surface area contributed by atoms with Crippen molar-refractivity contribution in [3.05, 3.63) is 29.6 Å². The fourth-order valence-electron chi connectivity index (χ4n) is 1.75. The first-order valence-electron chi connectivity index (χ1n) is 5.70. The summed E-state index contributed by atoms with van der Waals surface area (Å²) in [5.74, 6) is 0.0248. The van der Waals surface area contributed by atoms with Crippen LogP contribution < -0.4 is 10.1 Å². The van der Waals surface area contributed by atoms with E-state index in [9.17, 15) is 4.39 Å². The molecule has 0 saturated heterocycles. The standard InChI is InChI=1S/C13H20FNO2/c1-15-11(7-8-16-2)9-10-5-4-6-12(17-3)13(10)14/h4-6,11,15H,7-9H2,1-3H3. The Morgan fingerprint density at radius 2 is 2.12 bits per heavy atom. The van der Waals surface area contributed by atoms with Crippen LogP contribution >= 0.6 is 0 Å². The second-order valence-corrected chi connectivity index (χ2v) is 3.90. The Bertz CT molecular complexity index is 344. The lowest BCUT2D eigenvalue weighted by molar-refractivity contribution is 0.183. The summed E-state index contributed by atoms with van der Waals surface area (Å²) in [6, 6.07) is 5.43. The molecule has 0 heterocycles. The summed E-state index contributed by atoms with van der Waals surface area (Å²) < 4.78 is 23.9. The van der Waals surface area contributed by atoms with Crippen molar-refractivity contribution in [2.24, 2.45) is 0 Å². The number of hydrogen-bond donors (Lipinski definition) is 1. The number of benzene rings is 1. The number of hydrogen-bond acceptors (Lipinski definition) is 3. The Labute approximate surface area is 102 Å². The van der Waals surface area contributed by atoms with Gasteiger partial charge in [0.1, 0.15) is 0 Å². The first-order valence-corrected chi connectivity index (χ1v) is 5.70. The number of halogens is 1.